The molecule has 2 rings (SSSR count). The first-order chi connectivity index (χ1) is 9.79. The van der Waals surface area contributed by atoms with Crippen LogP contribution in [0.1, 0.15) is 31.9 Å². The van der Waals surface area contributed by atoms with E-state index in [-0.39, 0.29) is 0 Å². The summed E-state index contributed by atoms with van der Waals surface area (Å²) in [5.41, 5.74) is 1.36. The summed E-state index contributed by atoms with van der Waals surface area (Å²) in [5, 5.41) is 7.72. The summed E-state index contributed by atoms with van der Waals surface area (Å²) in [6.45, 7) is 6.43. The van der Waals surface area contributed by atoms with Gasteiger partial charge in [-0.25, -0.2) is 0 Å². The van der Waals surface area contributed by atoms with Crippen LogP contribution in [-0.2, 0) is 6.54 Å². The smallest absolute Gasteiger partial charge is 0.0503 e. The van der Waals surface area contributed by atoms with Crippen molar-refractivity contribution < 1.29 is 0 Å². The largest absolute Gasteiger partial charge is 0.310 e. The second-order valence-corrected chi connectivity index (χ2v) is 6.03. The Morgan fingerprint density at radius 3 is 2.75 bits per heavy atom. The zero-order valence-corrected chi connectivity index (χ0v) is 13.1. The van der Waals surface area contributed by atoms with Gasteiger partial charge in [0.25, 0.3) is 0 Å². The molecule has 20 heavy (non-hydrogen) atoms. The van der Waals surface area contributed by atoms with Crippen LogP contribution < -0.4 is 5.32 Å². The van der Waals surface area contributed by atoms with Gasteiger partial charge >= 0.3 is 0 Å². The Balaban J connectivity index is 1.79. The molecule has 1 N–H and O–H groups in total. The van der Waals surface area contributed by atoms with Crippen molar-refractivity contribution in [2.45, 2.75) is 37.8 Å². The Morgan fingerprint density at radius 1 is 1.30 bits per heavy atom. The predicted molar refractivity (Wildman–Crippen MR) is 86.1 cm³/mol. The minimum Gasteiger partial charge on any atom is -0.310 e. The average molecular weight is 289 g/mol. The van der Waals surface area contributed by atoms with Gasteiger partial charge in [-0.05, 0) is 43.7 Å². The fourth-order valence-corrected chi connectivity index (χ4v) is 2.86. The van der Waals surface area contributed by atoms with Gasteiger partial charge in [0.2, 0.25) is 0 Å². The lowest BCUT2D eigenvalue weighted by Crippen LogP contribution is -2.19. The molecule has 0 bridgehead atoms. The first-order valence-electron chi connectivity index (χ1n) is 7.23. The van der Waals surface area contributed by atoms with Crippen molar-refractivity contribution in [1.29, 1.82) is 0 Å². The minimum atomic E-state index is 0.429. The van der Waals surface area contributed by atoms with E-state index in [0.717, 1.165) is 18.8 Å². The number of aryl methyl sites for hydroxylation is 1. The van der Waals surface area contributed by atoms with E-state index in [2.05, 4.69) is 48.5 Å². The van der Waals surface area contributed by atoms with Gasteiger partial charge in [-0.15, -0.1) is 11.8 Å². The Labute approximate surface area is 125 Å². The third kappa shape index (κ3) is 4.69. The molecule has 0 amide bonds. The summed E-state index contributed by atoms with van der Waals surface area (Å²) < 4.78 is 1.97. The molecule has 0 fully saturated rings. The van der Waals surface area contributed by atoms with Gasteiger partial charge in [0.1, 0.15) is 0 Å². The lowest BCUT2D eigenvalue weighted by Gasteiger charge is -2.14. The third-order valence-electron chi connectivity index (χ3n) is 3.23. The van der Waals surface area contributed by atoms with Gasteiger partial charge in [0.15, 0.2) is 0 Å². The topological polar surface area (TPSA) is 29.9 Å². The summed E-state index contributed by atoms with van der Waals surface area (Å²) >= 11 is 1.88. The second kappa shape index (κ2) is 8.12. The minimum absolute atomic E-state index is 0.429. The average Bonchev–Trinajstić information content (AvgIpc) is 2.99. The molecule has 1 heterocycles. The zero-order chi connectivity index (χ0) is 14.2. The number of nitrogens with one attached hydrogen (secondary N) is 1. The van der Waals surface area contributed by atoms with Crippen LogP contribution in [0.5, 0.6) is 0 Å². The molecule has 3 nitrogen and oxygen atoms in total. The molecule has 0 saturated carbocycles. The highest BCUT2D eigenvalue weighted by Gasteiger charge is 2.03. The summed E-state index contributed by atoms with van der Waals surface area (Å²) in [6.07, 6.45) is 5.00. The highest BCUT2D eigenvalue weighted by atomic mass is 32.2. The second-order valence-electron chi connectivity index (χ2n) is 4.86. The van der Waals surface area contributed by atoms with Gasteiger partial charge in [0, 0.05) is 29.1 Å². The summed E-state index contributed by atoms with van der Waals surface area (Å²) in [5.74, 6) is 1.05. The first-order valence-corrected chi connectivity index (χ1v) is 8.21. The van der Waals surface area contributed by atoms with E-state index in [4.69, 9.17) is 0 Å². The molecule has 1 aromatic heterocycles. The first kappa shape index (κ1) is 15.1. The number of rotatable bonds is 8. The van der Waals surface area contributed by atoms with Crippen molar-refractivity contribution in [3.8, 4) is 0 Å². The fraction of sp³-hybridized carbons (Fsp3) is 0.438. The molecule has 0 aliphatic rings. The number of thioether (sulfide) groups is 1. The quantitative estimate of drug-likeness (QED) is 0.751. The molecular formula is C16H23N3S. The monoisotopic (exact) mass is 289 g/mol. The van der Waals surface area contributed by atoms with Crippen LogP contribution in [0.25, 0.3) is 0 Å². The van der Waals surface area contributed by atoms with Crippen LogP contribution in [0.15, 0.2) is 47.6 Å². The van der Waals surface area contributed by atoms with Gasteiger partial charge in [-0.3, -0.25) is 4.68 Å². The Hall–Kier alpha value is -1.26. The Bertz CT molecular complexity index is 479. The Kier molecular flexibility index (Phi) is 6.15. The maximum Gasteiger partial charge on any atom is 0.0503 e. The van der Waals surface area contributed by atoms with Crippen molar-refractivity contribution >= 4 is 11.8 Å². The van der Waals surface area contributed by atoms with E-state index in [0.29, 0.717) is 6.04 Å². The summed E-state index contributed by atoms with van der Waals surface area (Å²) in [6, 6.07) is 11.3. The molecule has 1 atom stereocenters. The molecule has 0 aliphatic heterocycles. The van der Waals surface area contributed by atoms with Gasteiger partial charge < -0.3 is 5.32 Å². The molecule has 1 unspecified atom stereocenters. The van der Waals surface area contributed by atoms with Crippen LogP contribution in [0.4, 0.5) is 0 Å². The molecule has 2 aromatic rings. The number of benzene rings is 1. The maximum atomic E-state index is 4.21. The van der Waals surface area contributed by atoms with E-state index in [1.54, 1.807) is 0 Å². The third-order valence-corrected chi connectivity index (χ3v) is 4.22. The summed E-state index contributed by atoms with van der Waals surface area (Å²) in [4.78, 5) is 1.32. The number of hydrogen-bond donors (Lipinski definition) is 1. The zero-order valence-electron chi connectivity index (χ0n) is 12.2. The molecule has 4 heteroatoms. The number of nitrogens with zero attached hydrogens (tertiary/aromatic N) is 2. The van der Waals surface area contributed by atoms with Crippen LogP contribution in [0.3, 0.4) is 0 Å². The van der Waals surface area contributed by atoms with Gasteiger partial charge in [-0.1, -0.05) is 19.1 Å². The van der Waals surface area contributed by atoms with Crippen LogP contribution in [0, 0.1) is 0 Å². The van der Waals surface area contributed by atoms with E-state index in [1.807, 2.05) is 34.9 Å². The molecule has 0 spiro atoms. The van der Waals surface area contributed by atoms with E-state index in [9.17, 15) is 0 Å². The van der Waals surface area contributed by atoms with Crippen LogP contribution in [0.2, 0.25) is 0 Å². The van der Waals surface area contributed by atoms with Crippen molar-refractivity contribution in [2.75, 3.05) is 12.3 Å². The Morgan fingerprint density at radius 2 is 2.10 bits per heavy atom. The number of hydrogen-bond acceptors (Lipinski definition) is 3. The lowest BCUT2D eigenvalue weighted by atomic mass is 10.1. The molecule has 0 aliphatic carbocycles. The SMILES string of the molecule is CCCNC(C)c1ccc(SCCn2cccn2)cc1. The molecule has 1 aromatic carbocycles. The van der Waals surface area contributed by atoms with Gasteiger partial charge in [0.05, 0.1) is 6.54 Å². The van der Waals surface area contributed by atoms with Crippen LogP contribution in [-0.4, -0.2) is 22.1 Å². The highest BCUT2D eigenvalue weighted by Crippen LogP contribution is 2.21. The number of aromatic nitrogens is 2. The van der Waals surface area contributed by atoms with Crippen molar-refractivity contribution in [2.24, 2.45) is 0 Å². The molecule has 0 saturated heterocycles. The van der Waals surface area contributed by atoms with Crippen molar-refractivity contribution in [3.63, 3.8) is 0 Å². The van der Waals surface area contributed by atoms with E-state index >= 15 is 0 Å². The fourth-order valence-electron chi connectivity index (χ4n) is 2.02. The predicted octanol–water partition coefficient (Wildman–Crippen LogP) is 3.74. The van der Waals surface area contributed by atoms with Gasteiger partial charge in [-0.2, -0.15) is 5.10 Å². The van der Waals surface area contributed by atoms with Crippen molar-refractivity contribution in [1.82, 2.24) is 15.1 Å². The van der Waals surface area contributed by atoms with E-state index in [1.165, 1.54) is 16.9 Å². The normalized spacial score (nSPS) is 12.5. The lowest BCUT2D eigenvalue weighted by molar-refractivity contribution is 0.570. The van der Waals surface area contributed by atoms with Crippen LogP contribution >= 0.6 is 11.8 Å². The summed E-state index contributed by atoms with van der Waals surface area (Å²) in [7, 11) is 0. The van der Waals surface area contributed by atoms with E-state index < -0.39 is 0 Å². The maximum absolute atomic E-state index is 4.21. The standard InChI is InChI=1S/C16H23N3S/c1-3-9-17-14(2)15-5-7-16(8-6-15)20-13-12-19-11-4-10-18-19/h4-8,10-11,14,17H,3,9,12-13H2,1-2H3. The molecular weight excluding hydrogens is 266 g/mol. The highest BCUT2D eigenvalue weighted by molar-refractivity contribution is 7.99. The molecule has 0 radical (unpaired) electrons. The molecule has 108 valence electrons. The van der Waals surface area contributed by atoms with Crippen molar-refractivity contribution in [3.05, 3.63) is 48.3 Å².